The smallest absolute Gasteiger partial charge is 0.0438 e. The topological polar surface area (TPSA) is 24.9 Å². The molecule has 1 aromatic carbocycles. The van der Waals surface area contributed by atoms with Crippen LogP contribution in [0.3, 0.4) is 0 Å². The lowest BCUT2D eigenvalue weighted by molar-refractivity contribution is 0.556. The van der Waals surface area contributed by atoms with E-state index < -0.39 is 0 Å². The Morgan fingerprint density at radius 3 is 2.50 bits per heavy atom. The molecule has 2 aromatic rings. The van der Waals surface area contributed by atoms with E-state index in [-0.39, 0.29) is 0 Å². The fraction of sp³-hybridized carbons (Fsp3) is 0.267. The van der Waals surface area contributed by atoms with Gasteiger partial charge in [0.25, 0.3) is 0 Å². The van der Waals surface area contributed by atoms with Crippen LogP contribution in [0.25, 0.3) is 0 Å². The largest absolute Gasteiger partial charge is 0.316 e. The van der Waals surface area contributed by atoms with Crippen LogP contribution in [0.2, 0.25) is 5.02 Å². The summed E-state index contributed by atoms with van der Waals surface area (Å²) < 4.78 is 0. The lowest BCUT2D eigenvalue weighted by atomic mass is 10.00. The Morgan fingerprint density at radius 1 is 1.11 bits per heavy atom. The summed E-state index contributed by atoms with van der Waals surface area (Å²) in [7, 11) is 1.99. The summed E-state index contributed by atoms with van der Waals surface area (Å²) in [6.45, 7) is 0. The van der Waals surface area contributed by atoms with Gasteiger partial charge in [-0.1, -0.05) is 29.8 Å². The Labute approximate surface area is 113 Å². The second-order valence-corrected chi connectivity index (χ2v) is 4.75. The van der Waals surface area contributed by atoms with Crippen LogP contribution < -0.4 is 5.32 Å². The molecule has 94 valence electrons. The zero-order valence-corrected chi connectivity index (χ0v) is 11.2. The van der Waals surface area contributed by atoms with Gasteiger partial charge in [-0.25, -0.2) is 0 Å². The molecule has 0 aliphatic rings. The average molecular weight is 261 g/mol. The van der Waals surface area contributed by atoms with Crippen molar-refractivity contribution in [1.82, 2.24) is 10.3 Å². The van der Waals surface area contributed by atoms with E-state index in [1.165, 1.54) is 11.1 Å². The van der Waals surface area contributed by atoms with E-state index in [1.54, 1.807) is 0 Å². The van der Waals surface area contributed by atoms with E-state index in [1.807, 2.05) is 37.6 Å². The molecule has 0 spiro atoms. The molecule has 1 atom stereocenters. The van der Waals surface area contributed by atoms with E-state index in [9.17, 15) is 0 Å². The van der Waals surface area contributed by atoms with Crippen molar-refractivity contribution in [1.29, 1.82) is 0 Å². The van der Waals surface area contributed by atoms with Crippen molar-refractivity contribution >= 4 is 11.6 Å². The predicted octanol–water partition coefficient (Wildman–Crippen LogP) is 3.11. The number of hydrogen-bond acceptors (Lipinski definition) is 2. The van der Waals surface area contributed by atoms with Gasteiger partial charge >= 0.3 is 0 Å². The average Bonchev–Trinajstić information content (AvgIpc) is 2.41. The van der Waals surface area contributed by atoms with Crippen LogP contribution in [0, 0.1) is 0 Å². The monoisotopic (exact) mass is 260 g/mol. The standard InChI is InChI=1S/C15H17ClN2/c1-17-14(10-12-6-8-18-9-7-12)11-13-4-2-3-5-15(13)16/h2-9,14,17H,10-11H2,1H3. The molecule has 3 heteroatoms. The van der Waals surface area contributed by atoms with Crippen molar-refractivity contribution < 1.29 is 0 Å². The molecule has 0 saturated carbocycles. The van der Waals surface area contributed by atoms with Gasteiger partial charge in [0.1, 0.15) is 0 Å². The van der Waals surface area contributed by atoms with Crippen molar-refractivity contribution in [2.45, 2.75) is 18.9 Å². The minimum atomic E-state index is 0.382. The number of halogens is 1. The van der Waals surface area contributed by atoms with Crippen molar-refractivity contribution in [2.75, 3.05) is 7.05 Å². The van der Waals surface area contributed by atoms with E-state index >= 15 is 0 Å². The molecule has 18 heavy (non-hydrogen) atoms. The maximum absolute atomic E-state index is 6.19. The Kier molecular flexibility index (Phi) is 4.73. The molecule has 0 aliphatic carbocycles. The van der Waals surface area contributed by atoms with Crippen molar-refractivity contribution in [2.24, 2.45) is 0 Å². The highest BCUT2D eigenvalue weighted by molar-refractivity contribution is 6.31. The molecular weight excluding hydrogens is 244 g/mol. The van der Waals surface area contributed by atoms with Crippen LogP contribution in [0.1, 0.15) is 11.1 Å². The Balaban J connectivity index is 2.04. The Bertz CT molecular complexity index is 485. The summed E-state index contributed by atoms with van der Waals surface area (Å²) >= 11 is 6.19. The molecular formula is C15H17ClN2. The van der Waals surface area contributed by atoms with Crippen LogP contribution in [0.4, 0.5) is 0 Å². The van der Waals surface area contributed by atoms with Gasteiger partial charge in [0.15, 0.2) is 0 Å². The zero-order valence-electron chi connectivity index (χ0n) is 10.4. The van der Waals surface area contributed by atoms with Gasteiger partial charge in [-0.15, -0.1) is 0 Å². The number of pyridine rings is 1. The van der Waals surface area contributed by atoms with Gasteiger partial charge in [-0.05, 0) is 49.2 Å². The number of hydrogen-bond donors (Lipinski definition) is 1. The minimum Gasteiger partial charge on any atom is -0.316 e. The number of likely N-dealkylation sites (N-methyl/N-ethyl adjacent to an activating group) is 1. The highest BCUT2D eigenvalue weighted by atomic mass is 35.5. The van der Waals surface area contributed by atoms with Crippen LogP contribution in [-0.2, 0) is 12.8 Å². The van der Waals surface area contributed by atoms with Gasteiger partial charge in [0, 0.05) is 23.5 Å². The molecule has 0 amide bonds. The molecule has 0 radical (unpaired) electrons. The number of nitrogens with one attached hydrogen (secondary N) is 1. The summed E-state index contributed by atoms with van der Waals surface area (Å²) in [6.07, 6.45) is 5.57. The number of benzene rings is 1. The first-order valence-corrected chi connectivity index (χ1v) is 6.47. The molecule has 0 bridgehead atoms. The van der Waals surface area contributed by atoms with Crippen molar-refractivity contribution in [3.8, 4) is 0 Å². The zero-order chi connectivity index (χ0) is 12.8. The van der Waals surface area contributed by atoms with Crippen LogP contribution in [0.5, 0.6) is 0 Å². The molecule has 1 unspecified atom stereocenters. The van der Waals surface area contributed by atoms with Crippen molar-refractivity contribution in [3.05, 3.63) is 64.9 Å². The first-order chi connectivity index (χ1) is 8.79. The van der Waals surface area contributed by atoms with E-state index in [0.29, 0.717) is 6.04 Å². The van der Waals surface area contributed by atoms with Gasteiger partial charge in [-0.3, -0.25) is 4.98 Å². The number of nitrogens with zero attached hydrogens (tertiary/aromatic N) is 1. The quantitative estimate of drug-likeness (QED) is 0.894. The van der Waals surface area contributed by atoms with E-state index in [4.69, 9.17) is 11.6 Å². The fourth-order valence-corrected chi connectivity index (χ4v) is 2.22. The summed E-state index contributed by atoms with van der Waals surface area (Å²) in [5.74, 6) is 0. The lowest BCUT2D eigenvalue weighted by Crippen LogP contribution is -2.30. The first kappa shape index (κ1) is 13.1. The molecule has 2 nitrogen and oxygen atoms in total. The maximum atomic E-state index is 6.19. The van der Waals surface area contributed by atoms with E-state index in [2.05, 4.69) is 28.5 Å². The fourth-order valence-electron chi connectivity index (χ4n) is 2.01. The third-order valence-electron chi connectivity index (χ3n) is 3.06. The molecule has 0 saturated heterocycles. The number of rotatable bonds is 5. The third kappa shape index (κ3) is 3.56. The molecule has 0 aliphatic heterocycles. The summed E-state index contributed by atoms with van der Waals surface area (Å²) in [6, 6.07) is 12.5. The van der Waals surface area contributed by atoms with Gasteiger partial charge < -0.3 is 5.32 Å². The predicted molar refractivity (Wildman–Crippen MR) is 75.9 cm³/mol. The lowest BCUT2D eigenvalue weighted by Gasteiger charge is -2.17. The highest BCUT2D eigenvalue weighted by Gasteiger charge is 2.10. The molecule has 1 N–H and O–H groups in total. The number of aromatic nitrogens is 1. The third-order valence-corrected chi connectivity index (χ3v) is 3.43. The first-order valence-electron chi connectivity index (χ1n) is 6.09. The maximum Gasteiger partial charge on any atom is 0.0438 e. The second kappa shape index (κ2) is 6.53. The van der Waals surface area contributed by atoms with Crippen LogP contribution >= 0.6 is 11.6 Å². The summed E-state index contributed by atoms with van der Waals surface area (Å²) in [4.78, 5) is 4.04. The summed E-state index contributed by atoms with van der Waals surface area (Å²) in [5.41, 5.74) is 2.48. The van der Waals surface area contributed by atoms with Crippen molar-refractivity contribution in [3.63, 3.8) is 0 Å². The van der Waals surface area contributed by atoms with Gasteiger partial charge in [0.05, 0.1) is 0 Å². The molecule has 2 rings (SSSR count). The van der Waals surface area contributed by atoms with Crippen LogP contribution in [-0.4, -0.2) is 18.1 Å². The normalized spacial score (nSPS) is 12.3. The Morgan fingerprint density at radius 2 is 1.83 bits per heavy atom. The molecule has 1 heterocycles. The molecule has 1 aromatic heterocycles. The molecule has 0 fully saturated rings. The Hall–Kier alpha value is -1.38. The van der Waals surface area contributed by atoms with Crippen LogP contribution in [0.15, 0.2) is 48.8 Å². The van der Waals surface area contributed by atoms with Gasteiger partial charge in [-0.2, -0.15) is 0 Å². The highest BCUT2D eigenvalue weighted by Crippen LogP contribution is 2.17. The second-order valence-electron chi connectivity index (χ2n) is 4.34. The van der Waals surface area contributed by atoms with E-state index in [0.717, 1.165) is 17.9 Å². The SMILES string of the molecule is CNC(Cc1ccncc1)Cc1ccccc1Cl. The minimum absolute atomic E-state index is 0.382. The summed E-state index contributed by atoms with van der Waals surface area (Å²) in [5, 5.41) is 4.19. The van der Waals surface area contributed by atoms with Gasteiger partial charge in [0.2, 0.25) is 0 Å².